The van der Waals surface area contributed by atoms with Crippen molar-refractivity contribution in [2.24, 2.45) is 11.5 Å². The second-order valence-corrected chi connectivity index (χ2v) is 7.36. The number of rotatable bonds is 7. The van der Waals surface area contributed by atoms with E-state index in [4.69, 9.17) is 11.5 Å². The molecule has 0 aromatic heterocycles. The predicted octanol–water partition coefficient (Wildman–Crippen LogP) is -1.49. The molecule has 0 aromatic rings. The summed E-state index contributed by atoms with van der Waals surface area (Å²) in [5, 5.41) is 2.73. The number of carbonyl (C=O) groups excluding carboxylic acids is 2. The molecule has 1 heterocycles. The van der Waals surface area contributed by atoms with E-state index >= 15 is 0 Å². The minimum atomic E-state index is -3.18. The van der Waals surface area contributed by atoms with Crippen molar-refractivity contribution in [2.75, 3.05) is 18.8 Å². The van der Waals surface area contributed by atoms with E-state index in [0.29, 0.717) is 32.4 Å². The Morgan fingerprint density at radius 1 is 1.33 bits per heavy atom. The fourth-order valence-electron chi connectivity index (χ4n) is 2.28. The molecule has 122 valence electrons. The zero-order valence-electron chi connectivity index (χ0n) is 12.2. The highest BCUT2D eigenvalue weighted by atomic mass is 32.2. The number of sulfonamides is 1. The molecule has 1 aliphatic rings. The smallest absolute Gasteiger partial charge is 0.237 e. The quantitative estimate of drug-likeness (QED) is 0.525. The Bertz CT molecular complexity index is 472. The maximum absolute atomic E-state index is 11.9. The molecule has 9 heteroatoms. The number of primary amides is 1. The maximum atomic E-state index is 11.9. The first kappa shape index (κ1) is 17.9. The van der Waals surface area contributed by atoms with E-state index in [2.05, 4.69) is 5.32 Å². The molecular formula is C12H24N4O4S. The molecule has 0 bridgehead atoms. The van der Waals surface area contributed by atoms with Crippen LogP contribution in [0.5, 0.6) is 0 Å². The molecule has 1 fully saturated rings. The first-order valence-electron chi connectivity index (χ1n) is 7.08. The number of hydrogen-bond acceptors (Lipinski definition) is 5. The molecule has 21 heavy (non-hydrogen) atoms. The van der Waals surface area contributed by atoms with E-state index < -0.39 is 27.9 Å². The molecule has 0 aliphatic carbocycles. The topological polar surface area (TPSA) is 136 Å². The first-order valence-corrected chi connectivity index (χ1v) is 8.69. The van der Waals surface area contributed by atoms with Crippen LogP contribution in [-0.2, 0) is 19.6 Å². The largest absolute Gasteiger partial charge is 0.370 e. The monoisotopic (exact) mass is 320 g/mol. The number of nitrogens with two attached hydrogens (primary N) is 2. The van der Waals surface area contributed by atoms with Crippen LogP contribution in [0, 0.1) is 0 Å². The van der Waals surface area contributed by atoms with Gasteiger partial charge in [-0.25, -0.2) is 12.7 Å². The predicted molar refractivity (Wildman–Crippen MR) is 78.6 cm³/mol. The Morgan fingerprint density at radius 3 is 2.38 bits per heavy atom. The minimum absolute atomic E-state index is 0.121. The SMILES string of the molecule is CCCS(=O)(=O)N1CCC(NC(=O)C(N)CC(N)=O)CC1. The summed E-state index contributed by atoms with van der Waals surface area (Å²) in [5.74, 6) is -0.908. The Labute approximate surface area is 125 Å². The Kier molecular flexibility index (Phi) is 6.56. The highest BCUT2D eigenvalue weighted by molar-refractivity contribution is 7.89. The summed E-state index contributed by atoms with van der Waals surface area (Å²) in [6.45, 7) is 2.60. The van der Waals surface area contributed by atoms with Crippen LogP contribution in [0.2, 0.25) is 0 Å². The van der Waals surface area contributed by atoms with Gasteiger partial charge in [-0.15, -0.1) is 0 Å². The lowest BCUT2D eigenvalue weighted by Crippen LogP contribution is -2.51. The summed E-state index contributed by atoms with van der Waals surface area (Å²) < 4.78 is 25.3. The van der Waals surface area contributed by atoms with Crippen molar-refractivity contribution in [3.63, 3.8) is 0 Å². The molecule has 5 N–H and O–H groups in total. The average Bonchev–Trinajstić information content (AvgIpc) is 2.38. The van der Waals surface area contributed by atoms with Crippen LogP contribution in [0.1, 0.15) is 32.6 Å². The lowest BCUT2D eigenvalue weighted by atomic mass is 10.1. The second kappa shape index (κ2) is 7.71. The van der Waals surface area contributed by atoms with Crippen molar-refractivity contribution in [2.45, 2.75) is 44.7 Å². The lowest BCUT2D eigenvalue weighted by molar-refractivity contribution is -0.127. The van der Waals surface area contributed by atoms with E-state index in [0.717, 1.165) is 0 Å². The number of hydrogen-bond donors (Lipinski definition) is 3. The summed E-state index contributed by atoms with van der Waals surface area (Å²) in [5.41, 5.74) is 10.5. The van der Waals surface area contributed by atoms with Gasteiger partial charge in [-0.3, -0.25) is 9.59 Å². The number of amides is 2. The lowest BCUT2D eigenvalue weighted by Gasteiger charge is -2.32. The van der Waals surface area contributed by atoms with Crippen molar-refractivity contribution in [1.82, 2.24) is 9.62 Å². The van der Waals surface area contributed by atoms with Gasteiger partial charge in [-0.05, 0) is 19.3 Å². The number of piperidine rings is 1. The van der Waals surface area contributed by atoms with Gasteiger partial charge in [0.1, 0.15) is 0 Å². The van der Waals surface area contributed by atoms with Crippen LogP contribution in [0.3, 0.4) is 0 Å². The fraction of sp³-hybridized carbons (Fsp3) is 0.833. The second-order valence-electron chi connectivity index (χ2n) is 5.27. The third-order valence-corrected chi connectivity index (χ3v) is 5.49. The summed E-state index contributed by atoms with van der Waals surface area (Å²) in [6, 6.07) is -1.08. The molecule has 8 nitrogen and oxygen atoms in total. The molecule has 0 spiro atoms. The van der Waals surface area contributed by atoms with Crippen LogP contribution in [0.15, 0.2) is 0 Å². The molecule has 2 amide bonds. The van der Waals surface area contributed by atoms with Gasteiger partial charge in [0.2, 0.25) is 21.8 Å². The Balaban J connectivity index is 2.43. The van der Waals surface area contributed by atoms with Gasteiger partial charge in [0.15, 0.2) is 0 Å². The molecule has 1 saturated heterocycles. The Hall–Kier alpha value is -1.19. The van der Waals surface area contributed by atoms with Crippen LogP contribution in [0.4, 0.5) is 0 Å². The van der Waals surface area contributed by atoms with Crippen molar-refractivity contribution in [1.29, 1.82) is 0 Å². The van der Waals surface area contributed by atoms with Crippen LogP contribution < -0.4 is 16.8 Å². The molecule has 0 saturated carbocycles. The highest BCUT2D eigenvalue weighted by Crippen LogP contribution is 2.15. The van der Waals surface area contributed by atoms with Gasteiger partial charge in [0, 0.05) is 19.1 Å². The molecule has 0 aromatic carbocycles. The average molecular weight is 320 g/mol. The highest BCUT2D eigenvalue weighted by Gasteiger charge is 2.28. The van der Waals surface area contributed by atoms with Crippen molar-refractivity contribution in [3.8, 4) is 0 Å². The minimum Gasteiger partial charge on any atom is -0.370 e. The van der Waals surface area contributed by atoms with Gasteiger partial charge in [0.25, 0.3) is 0 Å². The van der Waals surface area contributed by atoms with Crippen molar-refractivity contribution in [3.05, 3.63) is 0 Å². The van der Waals surface area contributed by atoms with E-state index in [1.54, 1.807) is 0 Å². The summed E-state index contributed by atoms with van der Waals surface area (Å²) in [7, 11) is -3.18. The van der Waals surface area contributed by atoms with Gasteiger partial charge in [-0.1, -0.05) is 6.92 Å². The molecule has 1 atom stereocenters. The van der Waals surface area contributed by atoms with Crippen molar-refractivity contribution >= 4 is 21.8 Å². The Morgan fingerprint density at radius 2 is 1.90 bits per heavy atom. The van der Waals surface area contributed by atoms with Crippen LogP contribution in [-0.4, -0.2) is 55.5 Å². The number of nitrogens with zero attached hydrogens (tertiary/aromatic N) is 1. The first-order chi connectivity index (χ1) is 9.76. The van der Waals surface area contributed by atoms with Gasteiger partial charge in [-0.2, -0.15) is 0 Å². The zero-order chi connectivity index (χ0) is 16.0. The van der Waals surface area contributed by atoms with Gasteiger partial charge < -0.3 is 16.8 Å². The van der Waals surface area contributed by atoms with Gasteiger partial charge in [0.05, 0.1) is 18.2 Å². The zero-order valence-corrected chi connectivity index (χ0v) is 13.1. The van der Waals surface area contributed by atoms with E-state index in [9.17, 15) is 18.0 Å². The summed E-state index contributed by atoms with van der Waals surface area (Å²) in [4.78, 5) is 22.5. The van der Waals surface area contributed by atoms with Crippen molar-refractivity contribution < 1.29 is 18.0 Å². The molecule has 1 unspecified atom stereocenters. The third-order valence-electron chi connectivity index (χ3n) is 3.41. The van der Waals surface area contributed by atoms with Gasteiger partial charge >= 0.3 is 0 Å². The molecule has 0 radical (unpaired) electrons. The standard InChI is InChI=1S/C12H24N4O4S/c1-2-7-21(19,20)16-5-3-9(4-6-16)15-12(18)10(13)8-11(14)17/h9-10H,2-8,13H2,1H3,(H2,14,17)(H,15,18). The third kappa shape index (κ3) is 5.60. The maximum Gasteiger partial charge on any atom is 0.237 e. The molecule has 1 rings (SSSR count). The molecule has 1 aliphatic heterocycles. The number of nitrogens with one attached hydrogen (secondary N) is 1. The summed E-state index contributed by atoms with van der Waals surface area (Å²) >= 11 is 0. The van der Waals surface area contributed by atoms with E-state index in [1.165, 1.54) is 4.31 Å². The van der Waals surface area contributed by atoms with Crippen LogP contribution in [0.25, 0.3) is 0 Å². The van der Waals surface area contributed by atoms with E-state index in [1.807, 2.05) is 6.92 Å². The van der Waals surface area contributed by atoms with E-state index in [-0.39, 0.29) is 18.2 Å². The molecular weight excluding hydrogens is 296 g/mol. The van der Waals surface area contributed by atoms with Crippen LogP contribution >= 0.6 is 0 Å². The number of carbonyl (C=O) groups is 2. The normalized spacial score (nSPS) is 19.1. The fourth-order valence-corrected chi connectivity index (χ4v) is 3.82. The summed E-state index contributed by atoms with van der Waals surface area (Å²) in [6.07, 6.45) is 1.46.